The van der Waals surface area contributed by atoms with E-state index >= 15 is 0 Å². The SMILES string of the molecule is Cc1nc2cc(Br)c(C)c(C)c2nc1C. The Morgan fingerprint density at radius 2 is 1.53 bits per heavy atom. The molecule has 0 fully saturated rings. The molecule has 0 spiro atoms. The summed E-state index contributed by atoms with van der Waals surface area (Å²) in [5, 5.41) is 0. The van der Waals surface area contributed by atoms with Crippen molar-refractivity contribution < 1.29 is 0 Å². The zero-order chi connectivity index (χ0) is 11.2. The molecule has 0 saturated carbocycles. The normalized spacial score (nSPS) is 11.0. The predicted molar refractivity (Wildman–Crippen MR) is 66.2 cm³/mol. The van der Waals surface area contributed by atoms with Crippen molar-refractivity contribution in [2.75, 3.05) is 0 Å². The lowest BCUT2D eigenvalue weighted by Crippen LogP contribution is -1.97. The van der Waals surface area contributed by atoms with Crippen LogP contribution in [0.15, 0.2) is 10.5 Å². The monoisotopic (exact) mass is 264 g/mol. The van der Waals surface area contributed by atoms with Crippen LogP contribution in [0, 0.1) is 27.7 Å². The molecule has 1 aromatic heterocycles. The van der Waals surface area contributed by atoms with Crippen LogP contribution in [-0.2, 0) is 0 Å². The predicted octanol–water partition coefficient (Wildman–Crippen LogP) is 3.63. The van der Waals surface area contributed by atoms with Gasteiger partial charge in [0.05, 0.1) is 22.4 Å². The van der Waals surface area contributed by atoms with Crippen LogP contribution in [0.4, 0.5) is 0 Å². The van der Waals surface area contributed by atoms with Crippen LogP contribution in [0.2, 0.25) is 0 Å². The molecule has 0 radical (unpaired) electrons. The van der Waals surface area contributed by atoms with Crippen LogP contribution in [0.1, 0.15) is 22.5 Å². The molecule has 0 unspecified atom stereocenters. The molecule has 0 aliphatic carbocycles. The molecule has 3 heteroatoms. The number of fused-ring (bicyclic) bond motifs is 1. The highest BCUT2D eigenvalue weighted by Crippen LogP contribution is 2.26. The maximum atomic E-state index is 4.59. The molecule has 0 atom stereocenters. The maximum Gasteiger partial charge on any atom is 0.0922 e. The Morgan fingerprint density at radius 1 is 0.933 bits per heavy atom. The first-order valence-corrected chi connectivity index (χ1v) is 5.70. The van der Waals surface area contributed by atoms with E-state index in [9.17, 15) is 0 Å². The van der Waals surface area contributed by atoms with E-state index in [4.69, 9.17) is 0 Å². The van der Waals surface area contributed by atoms with E-state index in [-0.39, 0.29) is 0 Å². The van der Waals surface area contributed by atoms with E-state index in [1.807, 2.05) is 19.9 Å². The summed E-state index contributed by atoms with van der Waals surface area (Å²) in [5.41, 5.74) is 6.42. The van der Waals surface area contributed by atoms with Gasteiger partial charge < -0.3 is 0 Å². The van der Waals surface area contributed by atoms with Crippen molar-refractivity contribution >= 4 is 27.0 Å². The van der Waals surface area contributed by atoms with Crippen molar-refractivity contribution in [1.29, 1.82) is 0 Å². The number of hydrogen-bond acceptors (Lipinski definition) is 2. The number of rotatable bonds is 0. The lowest BCUT2D eigenvalue weighted by atomic mass is 10.1. The fraction of sp³-hybridized carbons (Fsp3) is 0.333. The lowest BCUT2D eigenvalue weighted by Gasteiger charge is -2.09. The van der Waals surface area contributed by atoms with E-state index in [1.165, 1.54) is 11.1 Å². The first-order chi connectivity index (χ1) is 7.00. The molecule has 0 saturated heterocycles. The molecule has 2 nitrogen and oxygen atoms in total. The summed E-state index contributed by atoms with van der Waals surface area (Å²) in [5.74, 6) is 0. The minimum atomic E-state index is 0.966. The van der Waals surface area contributed by atoms with E-state index in [2.05, 4.69) is 39.7 Å². The van der Waals surface area contributed by atoms with Crippen molar-refractivity contribution in [2.45, 2.75) is 27.7 Å². The molecule has 1 heterocycles. The first kappa shape index (κ1) is 10.6. The third-order valence-electron chi connectivity index (χ3n) is 2.87. The summed E-state index contributed by atoms with van der Waals surface area (Å²) in [6.45, 7) is 8.17. The van der Waals surface area contributed by atoms with Gasteiger partial charge in [-0.05, 0) is 44.9 Å². The van der Waals surface area contributed by atoms with Crippen LogP contribution >= 0.6 is 15.9 Å². The number of aromatic nitrogens is 2. The van der Waals surface area contributed by atoms with Gasteiger partial charge in [0.15, 0.2) is 0 Å². The minimum absolute atomic E-state index is 0.966. The molecule has 0 aliphatic rings. The molecule has 0 amide bonds. The van der Waals surface area contributed by atoms with Gasteiger partial charge >= 0.3 is 0 Å². The Kier molecular flexibility index (Phi) is 2.51. The van der Waals surface area contributed by atoms with Crippen molar-refractivity contribution in [3.05, 3.63) is 33.1 Å². The van der Waals surface area contributed by atoms with Crippen LogP contribution in [0.3, 0.4) is 0 Å². The standard InChI is InChI=1S/C12H13BrN2/c1-6-7(2)12-11(5-10(6)13)14-8(3)9(4)15-12/h5H,1-4H3. The van der Waals surface area contributed by atoms with Gasteiger partial charge in [0.2, 0.25) is 0 Å². The number of halogens is 1. The number of benzene rings is 1. The van der Waals surface area contributed by atoms with Gasteiger partial charge in [-0.25, -0.2) is 9.97 Å². The van der Waals surface area contributed by atoms with Gasteiger partial charge in [-0.1, -0.05) is 15.9 Å². The van der Waals surface area contributed by atoms with Crippen LogP contribution in [-0.4, -0.2) is 9.97 Å². The van der Waals surface area contributed by atoms with E-state index < -0.39 is 0 Å². The summed E-state index contributed by atoms with van der Waals surface area (Å²) < 4.78 is 1.10. The zero-order valence-electron chi connectivity index (χ0n) is 9.35. The lowest BCUT2D eigenvalue weighted by molar-refractivity contribution is 1.09. The van der Waals surface area contributed by atoms with E-state index in [0.29, 0.717) is 0 Å². The Morgan fingerprint density at radius 3 is 2.20 bits per heavy atom. The smallest absolute Gasteiger partial charge is 0.0922 e. The summed E-state index contributed by atoms with van der Waals surface area (Å²) >= 11 is 3.54. The maximum absolute atomic E-state index is 4.59. The highest BCUT2D eigenvalue weighted by molar-refractivity contribution is 9.10. The van der Waals surface area contributed by atoms with E-state index in [1.54, 1.807) is 0 Å². The van der Waals surface area contributed by atoms with Gasteiger partial charge in [0, 0.05) is 4.47 Å². The molecule has 78 valence electrons. The highest BCUT2D eigenvalue weighted by atomic mass is 79.9. The Balaban J connectivity index is 2.93. The van der Waals surface area contributed by atoms with Crippen molar-refractivity contribution in [3.8, 4) is 0 Å². The summed E-state index contributed by atoms with van der Waals surface area (Å²) in [6, 6.07) is 2.04. The third kappa shape index (κ3) is 1.65. The summed E-state index contributed by atoms with van der Waals surface area (Å²) in [7, 11) is 0. The second kappa shape index (κ2) is 3.56. The molecule has 0 N–H and O–H groups in total. The number of nitrogens with zero attached hydrogens (tertiary/aromatic N) is 2. The number of hydrogen-bond donors (Lipinski definition) is 0. The van der Waals surface area contributed by atoms with Gasteiger partial charge in [0.25, 0.3) is 0 Å². The quantitative estimate of drug-likeness (QED) is 0.727. The largest absolute Gasteiger partial charge is 0.250 e. The molecule has 2 aromatic rings. The van der Waals surface area contributed by atoms with Gasteiger partial charge in [-0.2, -0.15) is 0 Å². The fourth-order valence-corrected chi connectivity index (χ4v) is 2.10. The van der Waals surface area contributed by atoms with Crippen LogP contribution < -0.4 is 0 Å². The fourth-order valence-electron chi connectivity index (χ4n) is 1.58. The molecular formula is C12H13BrN2. The number of aryl methyl sites for hydroxylation is 3. The molecule has 2 rings (SSSR count). The average molecular weight is 265 g/mol. The van der Waals surface area contributed by atoms with Crippen molar-refractivity contribution in [1.82, 2.24) is 9.97 Å². The summed E-state index contributed by atoms with van der Waals surface area (Å²) in [6.07, 6.45) is 0. The second-order valence-corrected chi connectivity index (χ2v) is 4.72. The highest BCUT2D eigenvalue weighted by Gasteiger charge is 2.08. The molecular weight excluding hydrogens is 252 g/mol. The van der Waals surface area contributed by atoms with Crippen LogP contribution in [0.25, 0.3) is 11.0 Å². The second-order valence-electron chi connectivity index (χ2n) is 3.87. The van der Waals surface area contributed by atoms with Gasteiger partial charge in [-0.15, -0.1) is 0 Å². The van der Waals surface area contributed by atoms with Crippen molar-refractivity contribution in [2.24, 2.45) is 0 Å². The molecule has 15 heavy (non-hydrogen) atoms. The Bertz CT molecular complexity index is 542. The molecule has 0 bridgehead atoms. The minimum Gasteiger partial charge on any atom is -0.250 e. The van der Waals surface area contributed by atoms with Gasteiger partial charge in [0.1, 0.15) is 0 Å². The topological polar surface area (TPSA) is 25.8 Å². The first-order valence-electron chi connectivity index (χ1n) is 4.91. The summed E-state index contributed by atoms with van der Waals surface area (Å²) in [4.78, 5) is 9.14. The Labute approximate surface area is 97.9 Å². The third-order valence-corrected chi connectivity index (χ3v) is 3.70. The van der Waals surface area contributed by atoms with Gasteiger partial charge in [-0.3, -0.25) is 0 Å². The van der Waals surface area contributed by atoms with Crippen molar-refractivity contribution in [3.63, 3.8) is 0 Å². The molecule has 1 aromatic carbocycles. The van der Waals surface area contributed by atoms with Crippen LogP contribution in [0.5, 0.6) is 0 Å². The molecule has 0 aliphatic heterocycles. The zero-order valence-corrected chi connectivity index (χ0v) is 10.9. The van der Waals surface area contributed by atoms with E-state index in [0.717, 1.165) is 26.9 Å². The average Bonchev–Trinajstić information content (AvgIpc) is 2.19. The Hall–Kier alpha value is -0.960.